The van der Waals surface area contributed by atoms with Crippen LogP contribution < -0.4 is 5.73 Å². The van der Waals surface area contributed by atoms with Crippen molar-refractivity contribution in [1.82, 2.24) is 0 Å². The van der Waals surface area contributed by atoms with E-state index in [1.807, 2.05) is 0 Å². The SMILES string of the molecule is COCCc1ccc(C(N)C2CCCOC2)cc1. The molecule has 100 valence electrons. The Morgan fingerprint density at radius 1 is 1.39 bits per heavy atom. The van der Waals surface area contributed by atoms with Crippen molar-refractivity contribution in [2.75, 3.05) is 26.9 Å². The van der Waals surface area contributed by atoms with Crippen molar-refractivity contribution in [2.24, 2.45) is 11.7 Å². The monoisotopic (exact) mass is 249 g/mol. The topological polar surface area (TPSA) is 44.5 Å². The van der Waals surface area contributed by atoms with Gasteiger partial charge in [0, 0.05) is 25.7 Å². The van der Waals surface area contributed by atoms with Gasteiger partial charge in [0.2, 0.25) is 0 Å². The van der Waals surface area contributed by atoms with Gasteiger partial charge in [0.25, 0.3) is 0 Å². The molecule has 1 fully saturated rings. The average Bonchev–Trinajstić information content (AvgIpc) is 2.46. The smallest absolute Gasteiger partial charge is 0.0512 e. The lowest BCUT2D eigenvalue weighted by Crippen LogP contribution is -2.29. The minimum Gasteiger partial charge on any atom is -0.384 e. The third-order valence-electron chi connectivity index (χ3n) is 3.66. The molecular weight excluding hydrogens is 226 g/mol. The van der Waals surface area contributed by atoms with Crippen LogP contribution in [0.1, 0.15) is 30.0 Å². The second kappa shape index (κ2) is 6.88. The molecule has 3 nitrogen and oxygen atoms in total. The predicted molar refractivity (Wildman–Crippen MR) is 72.5 cm³/mol. The molecule has 0 bridgehead atoms. The Bertz CT molecular complexity index is 344. The second-order valence-electron chi connectivity index (χ2n) is 4.99. The second-order valence-corrected chi connectivity index (χ2v) is 4.99. The lowest BCUT2D eigenvalue weighted by Gasteiger charge is -2.27. The summed E-state index contributed by atoms with van der Waals surface area (Å²) in [6.07, 6.45) is 3.26. The van der Waals surface area contributed by atoms with Gasteiger partial charge in [-0.05, 0) is 30.4 Å². The molecule has 0 aromatic heterocycles. The van der Waals surface area contributed by atoms with E-state index in [-0.39, 0.29) is 6.04 Å². The van der Waals surface area contributed by atoms with Gasteiger partial charge >= 0.3 is 0 Å². The van der Waals surface area contributed by atoms with Crippen LogP contribution in [0.3, 0.4) is 0 Å². The first-order chi connectivity index (χ1) is 8.81. The summed E-state index contributed by atoms with van der Waals surface area (Å²) in [7, 11) is 1.73. The molecule has 0 spiro atoms. The Hall–Kier alpha value is -0.900. The van der Waals surface area contributed by atoms with E-state index in [2.05, 4.69) is 24.3 Å². The maximum atomic E-state index is 6.32. The molecule has 0 amide bonds. The van der Waals surface area contributed by atoms with Gasteiger partial charge in [-0.1, -0.05) is 24.3 Å². The van der Waals surface area contributed by atoms with Gasteiger partial charge in [-0.15, -0.1) is 0 Å². The summed E-state index contributed by atoms with van der Waals surface area (Å²) in [4.78, 5) is 0. The van der Waals surface area contributed by atoms with Crippen LogP contribution >= 0.6 is 0 Å². The number of benzene rings is 1. The maximum Gasteiger partial charge on any atom is 0.0512 e. The van der Waals surface area contributed by atoms with Gasteiger partial charge in [0.05, 0.1) is 13.2 Å². The van der Waals surface area contributed by atoms with Crippen molar-refractivity contribution in [3.63, 3.8) is 0 Å². The van der Waals surface area contributed by atoms with E-state index in [1.54, 1.807) is 7.11 Å². The summed E-state index contributed by atoms with van der Waals surface area (Å²) < 4.78 is 10.6. The molecule has 2 N–H and O–H groups in total. The highest BCUT2D eigenvalue weighted by Gasteiger charge is 2.22. The molecule has 0 radical (unpaired) electrons. The highest BCUT2D eigenvalue weighted by Crippen LogP contribution is 2.26. The van der Waals surface area contributed by atoms with E-state index < -0.39 is 0 Å². The summed E-state index contributed by atoms with van der Waals surface area (Å²) in [5, 5.41) is 0. The largest absolute Gasteiger partial charge is 0.384 e. The minimum absolute atomic E-state index is 0.0989. The maximum absolute atomic E-state index is 6.32. The van der Waals surface area contributed by atoms with E-state index >= 15 is 0 Å². The minimum atomic E-state index is 0.0989. The third-order valence-corrected chi connectivity index (χ3v) is 3.66. The molecule has 1 aliphatic rings. The summed E-state index contributed by atoms with van der Waals surface area (Å²) in [5.74, 6) is 0.462. The molecule has 1 aliphatic heterocycles. The number of ether oxygens (including phenoxy) is 2. The average molecular weight is 249 g/mol. The zero-order valence-electron chi connectivity index (χ0n) is 11.1. The summed E-state index contributed by atoms with van der Waals surface area (Å²) >= 11 is 0. The fraction of sp³-hybridized carbons (Fsp3) is 0.600. The van der Waals surface area contributed by atoms with E-state index in [4.69, 9.17) is 15.2 Å². The van der Waals surface area contributed by atoms with Gasteiger partial charge < -0.3 is 15.2 Å². The number of hydrogen-bond acceptors (Lipinski definition) is 3. The molecule has 0 saturated carbocycles. The van der Waals surface area contributed by atoms with Crippen LogP contribution in [0.2, 0.25) is 0 Å². The fourth-order valence-corrected chi connectivity index (χ4v) is 2.45. The predicted octanol–water partition coefficient (Wildman–Crippen LogP) is 2.30. The lowest BCUT2D eigenvalue weighted by atomic mass is 9.89. The molecule has 3 heteroatoms. The Morgan fingerprint density at radius 3 is 2.78 bits per heavy atom. The molecule has 1 heterocycles. The standard InChI is InChI=1S/C15H23NO2/c1-17-10-8-12-4-6-13(7-5-12)15(16)14-3-2-9-18-11-14/h4-7,14-15H,2-3,8-11,16H2,1H3. The first kappa shape index (κ1) is 13.5. The molecule has 1 saturated heterocycles. The molecule has 0 aliphatic carbocycles. The molecule has 2 atom stereocenters. The molecule has 18 heavy (non-hydrogen) atoms. The number of methoxy groups -OCH3 is 1. The van der Waals surface area contributed by atoms with Gasteiger partial charge in [-0.25, -0.2) is 0 Å². The van der Waals surface area contributed by atoms with Crippen LogP contribution in [0.4, 0.5) is 0 Å². The van der Waals surface area contributed by atoms with Crippen LogP contribution in [0.5, 0.6) is 0 Å². The highest BCUT2D eigenvalue weighted by atomic mass is 16.5. The zero-order valence-corrected chi connectivity index (χ0v) is 11.1. The molecule has 2 unspecified atom stereocenters. The summed E-state index contributed by atoms with van der Waals surface area (Å²) in [5.41, 5.74) is 8.83. The van der Waals surface area contributed by atoms with Gasteiger partial charge in [-0.2, -0.15) is 0 Å². The van der Waals surface area contributed by atoms with Crippen molar-refractivity contribution < 1.29 is 9.47 Å². The number of hydrogen-bond donors (Lipinski definition) is 1. The lowest BCUT2D eigenvalue weighted by molar-refractivity contribution is 0.0448. The van der Waals surface area contributed by atoms with Crippen molar-refractivity contribution >= 4 is 0 Å². The molecule has 1 aromatic rings. The van der Waals surface area contributed by atoms with Crippen LogP contribution in [0.15, 0.2) is 24.3 Å². The highest BCUT2D eigenvalue weighted by molar-refractivity contribution is 5.25. The number of rotatable bonds is 5. The Labute approximate surface area is 109 Å². The van der Waals surface area contributed by atoms with Crippen molar-refractivity contribution in [3.05, 3.63) is 35.4 Å². The molecule has 1 aromatic carbocycles. The summed E-state index contributed by atoms with van der Waals surface area (Å²) in [6, 6.07) is 8.69. The quantitative estimate of drug-likeness (QED) is 0.871. The Balaban J connectivity index is 1.95. The molecular formula is C15H23NO2. The normalized spacial score (nSPS) is 21.8. The first-order valence-corrected chi connectivity index (χ1v) is 6.72. The van der Waals surface area contributed by atoms with Gasteiger partial charge in [0.1, 0.15) is 0 Å². The van der Waals surface area contributed by atoms with Crippen LogP contribution in [0, 0.1) is 5.92 Å². The van der Waals surface area contributed by atoms with E-state index in [9.17, 15) is 0 Å². The van der Waals surface area contributed by atoms with Crippen LogP contribution in [-0.4, -0.2) is 26.9 Å². The Morgan fingerprint density at radius 2 is 2.17 bits per heavy atom. The molecule has 2 rings (SSSR count). The van der Waals surface area contributed by atoms with Gasteiger partial charge in [-0.3, -0.25) is 0 Å². The number of nitrogens with two attached hydrogens (primary N) is 1. The van der Waals surface area contributed by atoms with E-state index in [1.165, 1.54) is 17.5 Å². The van der Waals surface area contributed by atoms with E-state index in [0.29, 0.717) is 5.92 Å². The summed E-state index contributed by atoms with van der Waals surface area (Å²) in [6.45, 7) is 2.45. The third kappa shape index (κ3) is 3.55. The van der Waals surface area contributed by atoms with Crippen molar-refractivity contribution in [1.29, 1.82) is 0 Å². The van der Waals surface area contributed by atoms with Gasteiger partial charge in [0.15, 0.2) is 0 Å². The first-order valence-electron chi connectivity index (χ1n) is 6.72. The van der Waals surface area contributed by atoms with E-state index in [0.717, 1.165) is 32.7 Å². The van der Waals surface area contributed by atoms with Crippen LogP contribution in [0.25, 0.3) is 0 Å². The fourth-order valence-electron chi connectivity index (χ4n) is 2.45. The Kier molecular flexibility index (Phi) is 5.17. The van der Waals surface area contributed by atoms with Crippen molar-refractivity contribution in [2.45, 2.75) is 25.3 Å². The van der Waals surface area contributed by atoms with Crippen LogP contribution in [-0.2, 0) is 15.9 Å². The van der Waals surface area contributed by atoms with Crippen molar-refractivity contribution in [3.8, 4) is 0 Å². The zero-order chi connectivity index (χ0) is 12.8.